The molecule has 0 saturated carbocycles. The number of nitrogens with one attached hydrogen (secondary N) is 1. The predicted molar refractivity (Wildman–Crippen MR) is 111 cm³/mol. The number of carbonyl (C=O) groups is 3. The van der Waals surface area contributed by atoms with Crippen LogP contribution in [0, 0.1) is 5.92 Å². The van der Waals surface area contributed by atoms with Crippen molar-refractivity contribution in [3.63, 3.8) is 0 Å². The Bertz CT molecular complexity index is 967. The molecular formula is C23H26F3NO6. The van der Waals surface area contributed by atoms with Crippen LogP contribution in [0.3, 0.4) is 0 Å². The first kappa shape index (κ1) is 26.0. The van der Waals surface area contributed by atoms with Crippen LogP contribution in [0.25, 0.3) is 0 Å². The van der Waals surface area contributed by atoms with Gasteiger partial charge in [-0.3, -0.25) is 4.79 Å². The lowest BCUT2D eigenvalue weighted by molar-refractivity contribution is -0.149. The molecule has 0 bridgehead atoms. The second-order valence-electron chi connectivity index (χ2n) is 7.03. The maximum absolute atomic E-state index is 13.9. The lowest BCUT2D eigenvalue weighted by Gasteiger charge is -2.36. The van der Waals surface area contributed by atoms with Gasteiger partial charge in [0, 0.05) is 23.4 Å². The third kappa shape index (κ3) is 5.94. The molecule has 0 aliphatic carbocycles. The van der Waals surface area contributed by atoms with E-state index in [-0.39, 0.29) is 42.4 Å². The number of alkyl halides is 3. The van der Waals surface area contributed by atoms with Gasteiger partial charge in [0.2, 0.25) is 0 Å². The van der Waals surface area contributed by atoms with Gasteiger partial charge >= 0.3 is 24.1 Å². The minimum Gasteiger partial charge on any atom is -0.465 e. The Morgan fingerprint density at radius 2 is 1.61 bits per heavy atom. The highest BCUT2D eigenvalue weighted by Crippen LogP contribution is 2.46. The molecule has 0 radical (unpaired) electrons. The van der Waals surface area contributed by atoms with Crippen LogP contribution in [0.4, 0.5) is 13.2 Å². The van der Waals surface area contributed by atoms with E-state index in [1.54, 1.807) is 13.8 Å². The number of allylic oxidation sites excluding steroid dienone is 1. The van der Waals surface area contributed by atoms with E-state index in [0.29, 0.717) is 0 Å². The molecule has 1 aromatic carbocycles. The number of hydrogen-bond donors (Lipinski definition) is 1. The van der Waals surface area contributed by atoms with E-state index in [4.69, 9.17) is 14.2 Å². The number of rotatable bonds is 7. The lowest BCUT2D eigenvalue weighted by Crippen LogP contribution is -2.41. The van der Waals surface area contributed by atoms with Crippen LogP contribution >= 0.6 is 0 Å². The fraction of sp³-hybridized carbons (Fsp3) is 0.435. The van der Waals surface area contributed by atoms with E-state index in [9.17, 15) is 27.6 Å². The Morgan fingerprint density at radius 1 is 1.00 bits per heavy atom. The second kappa shape index (κ2) is 11.0. The Labute approximate surface area is 189 Å². The Balaban J connectivity index is 2.86. The summed E-state index contributed by atoms with van der Waals surface area (Å²) in [5.74, 6) is -5.47. The molecule has 0 amide bonds. The largest absolute Gasteiger partial charge is 0.465 e. The fourth-order valence-corrected chi connectivity index (χ4v) is 3.72. The van der Waals surface area contributed by atoms with Crippen molar-refractivity contribution in [3.05, 3.63) is 58.4 Å². The van der Waals surface area contributed by atoms with Crippen LogP contribution in [0.5, 0.6) is 0 Å². The molecule has 1 N–H and O–H groups in total. The summed E-state index contributed by atoms with van der Waals surface area (Å²) in [5, 5.41) is 2.80. The van der Waals surface area contributed by atoms with E-state index >= 15 is 0 Å². The Morgan fingerprint density at radius 3 is 2.18 bits per heavy atom. The summed E-state index contributed by atoms with van der Waals surface area (Å²) in [6.45, 7) is 6.09. The molecule has 1 heterocycles. The van der Waals surface area contributed by atoms with E-state index in [1.165, 1.54) is 32.0 Å². The first-order chi connectivity index (χ1) is 15.6. The van der Waals surface area contributed by atoms with Gasteiger partial charge in [0.15, 0.2) is 0 Å². The van der Waals surface area contributed by atoms with E-state index in [0.717, 1.165) is 12.1 Å². The molecule has 0 spiro atoms. The smallest absolute Gasteiger partial charge is 0.416 e. The van der Waals surface area contributed by atoms with Gasteiger partial charge in [-0.15, -0.1) is 0 Å². The average molecular weight is 469 g/mol. The van der Waals surface area contributed by atoms with Gasteiger partial charge in [-0.2, -0.15) is 13.2 Å². The monoisotopic (exact) mass is 469 g/mol. The van der Waals surface area contributed by atoms with Gasteiger partial charge in [0.1, 0.15) is 5.92 Å². The quantitative estimate of drug-likeness (QED) is 0.368. The highest BCUT2D eigenvalue weighted by atomic mass is 19.4. The van der Waals surface area contributed by atoms with Crippen LogP contribution in [-0.4, -0.2) is 37.7 Å². The number of halogens is 3. The van der Waals surface area contributed by atoms with Crippen LogP contribution in [0.1, 0.15) is 44.7 Å². The minimum atomic E-state index is -4.76. The van der Waals surface area contributed by atoms with Crippen molar-refractivity contribution < 1.29 is 41.8 Å². The zero-order valence-corrected chi connectivity index (χ0v) is 18.7. The molecular weight excluding hydrogens is 443 g/mol. The van der Waals surface area contributed by atoms with E-state index < -0.39 is 41.5 Å². The van der Waals surface area contributed by atoms with Gasteiger partial charge < -0.3 is 19.5 Å². The maximum atomic E-state index is 13.9. The second-order valence-corrected chi connectivity index (χ2v) is 7.03. The van der Waals surface area contributed by atoms with Crippen molar-refractivity contribution in [1.82, 2.24) is 5.32 Å². The van der Waals surface area contributed by atoms with Crippen molar-refractivity contribution >= 4 is 17.9 Å². The highest BCUT2D eigenvalue weighted by molar-refractivity contribution is 5.95. The van der Waals surface area contributed by atoms with E-state index in [2.05, 4.69) is 5.32 Å². The summed E-state index contributed by atoms with van der Waals surface area (Å²) in [6, 6.07) is 4.65. The highest BCUT2D eigenvalue weighted by Gasteiger charge is 2.47. The van der Waals surface area contributed by atoms with Crippen molar-refractivity contribution in [2.75, 3.05) is 19.8 Å². The zero-order chi connectivity index (χ0) is 24.8. The molecule has 2 rings (SSSR count). The van der Waals surface area contributed by atoms with Crippen LogP contribution in [-0.2, 0) is 34.8 Å². The van der Waals surface area contributed by atoms with Crippen LogP contribution in [0.2, 0.25) is 0 Å². The summed E-state index contributed by atoms with van der Waals surface area (Å²) in [6.07, 6.45) is -3.78. The minimum absolute atomic E-state index is 0.0289. The number of hydrogen-bond acceptors (Lipinski definition) is 7. The summed E-state index contributed by atoms with van der Waals surface area (Å²) < 4.78 is 56.8. The van der Waals surface area contributed by atoms with Gasteiger partial charge in [-0.05, 0) is 39.3 Å². The van der Waals surface area contributed by atoms with Crippen molar-refractivity contribution in [2.24, 2.45) is 5.92 Å². The standard InChI is InChI=1S/C23H26F3NO6/c1-5-31-17(28)12-16-20(22(30)33-7-3)19(18(13(4)27-16)21(29)32-6-2)14-10-8-9-11-15(14)23(24,25)26/h8-12,19-20,27H,5-7H2,1-4H3/b16-12+. The predicted octanol–water partition coefficient (Wildman–Crippen LogP) is 3.86. The lowest BCUT2D eigenvalue weighted by atomic mass is 9.73. The summed E-state index contributed by atoms with van der Waals surface area (Å²) in [4.78, 5) is 38.0. The van der Waals surface area contributed by atoms with Gasteiger partial charge in [-0.1, -0.05) is 18.2 Å². The first-order valence-electron chi connectivity index (χ1n) is 10.4. The number of ether oxygens (including phenoxy) is 3. The fourth-order valence-electron chi connectivity index (χ4n) is 3.72. The molecule has 0 saturated heterocycles. The van der Waals surface area contributed by atoms with Crippen LogP contribution in [0.15, 0.2) is 47.3 Å². The van der Waals surface area contributed by atoms with Gasteiger partial charge in [0.05, 0.1) is 31.0 Å². The van der Waals surface area contributed by atoms with Gasteiger partial charge in [0.25, 0.3) is 0 Å². The normalized spacial score (nSPS) is 19.7. The summed E-state index contributed by atoms with van der Waals surface area (Å²) >= 11 is 0. The third-order valence-corrected chi connectivity index (χ3v) is 4.91. The zero-order valence-electron chi connectivity index (χ0n) is 18.7. The number of esters is 3. The van der Waals surface area contributed by atoms with Crippen molar-refractivity contribution in [3.8, 4) is 0 Å². The molecule has 180 valence electrons. The number of carbonyl (C=O) groups excluding carboxylic acids is 3. The maximum Gasteiger partial charge on any atom is 0.416 e. The Kier molecular flexibility index (Phi) is 8.67. The van der Waals surface area contributed by atoms with Crippen molar-refractivity contribution in [2.45, 2.75) is 39.8 Å². The molecule has 0 fully saturated rings. The molecule has 1 aliphatic heterocycles. The van der Waals surface area contributed by atoms with Crippen molar-refractivity contribution in [1.29, 1.82) is 0 Å². The summed E-state index contributed by atoms with van der Waals surface area (Å²) in [7, 11) is 0. The van der Waals surface area contributed by atoms with Gasteiger partial charge in [-0.25, -0.2) is 9.59 Å². The molecule has 33 heavy (non-hydrogen) atoms. The molecule has 0 aromatic heterocycles. The molecule has 1 aromatic rings. The SMILES string of the molecule is CCOC(=O)/C=C1/NC(C)=C(C(=O)OCC)C(c2ccccc2C(F)(F)F)C1C(=O)OCC. The molecule has 1 aliphatic rings. The van der Waals surface area contributed by atoms with Crippen LogP contribution < -0.4 is 5.32 Å². The summed E-state index contributed by atoms with van der Waals surface area (Å²) in [5.41, 5.74) is -1.39. The number of benzene rings is 1. The average Bonchev–Trinajstić information content (AvgIpc) is 2.73. The molecule has 2 unspecified atom stereocenters. The van der Waals surface area contributed by atoms with E-state index in [1.807, 2.05) is 0 Å². The molecule has 10 heteroatoms. The molecule has 2 atom stereocenters. The Hall–Kier alpha value is -3.30. The third-order valence-electron chi connectivity index (χ3n) is 4.91. The molecule has 7 nitrogen and oxygen atoms in total. The first-order valence-corrected chi connectivity index (χ1v) is 10.4. The topological polar surface area (TPSA) is 90.9 Å².